The molecule has 0 radical (unpaired) electrons. The van der Waals surface area contributed by atoms with E-state index in [0.717, 1.165) is 11.1 Å². The van der Waals surface area contributed by atoms with E-state index in [4.69, 9.17) is 24.7 Å². The summed E-state index contributed by atoms with van der Waals surface area (Å²) < 4.78 is 23.0. The van der Waals surface area contributed by atoms with Gasteiger partial charge >= 0.3 is 12.1 Å². The molecule has 2 aliphatic rings. The number of alkyl carbamates (subject to hydrolysis) is 1. The number of primary amides is 1. The summed E-state index contributed by atoms with van der Waals surface area (Å²) >= 11 is 0. The van der Waals surface area contributed by atoms with Gasteiger partial charge in [0.2, 0.25) is 5.91 Å². The maximum atomic E-state index is 13.7. The summed E-state index contributed by atoms with van der Waals surface area (Å²) in [5.74, 6) is -2.66. The Kier molecular flexibility index (Phi) is 14.1. The van der Waals surface area contributed by atoms with Crippen molar-refractivity contribution in [2.24, 2.45) is 17.6 Å². The second kappa shape index (κ2) is 17.4. The highest BCUT2D eigenvalue weighted by Gasteiger charge is 2.56. The zero-order chi connectivity index (χ0) is 36.5. The molecule has 0 aliphatic carbocycles. The fourth-order valence-electron chi connectivity index (χ4n) is 5.94. The van der Waals surface area contributed by atoms with Crippen molar-refractivity contribution in [2.75, 3.05) is 20.1 Å². The molecule has 0 saturated carbocycles. The third-order valence-corrected chi connectivity index (χ3v) is 8.42. The number of Topliss-reactive ketones (excluding diaryl/α,β-unsaturated/α-hetero) is 2. The molecule has 49 heavy (non-hydrogen) atoms. The van der Waals surface area contributed by atoms with Crippen molar-refractivity contribution in [1.82, 2.24) is 21.3 Å². The van der Waals surface area contributed by atoms with Crippen molar-refractivity contribution in [3.8, 4) is 0 Å². The minimum atomic E-state index is -0.862. The predicted octanol–water partition coefficient (Wildman–Crippen LogP) is 2.49. The van der Waals surface area contributed by atoms with E-state index in [9.17, 15) is 24.0 Å². The van der Waals surface area contributed by atoms with Gasteiger partial charge in [0.15, 0.2) is 23.6 Å². The zero-order valence-electron chi connectivity index (χ0n) is 30.1. The zero-order valence-corrected chi connectivity index (χ0v) is 30.1. The Morgan fingerprint density at radius 1 is 0.980 bits per heavy atom. The van der Waals surface area contributed by atoms with Gasteiger partial charge in [0, 0.05) is 31.8 Å². The topological polar surface area (TPSA) is 196 Å². The van der Waals surface area contributed by atoms with Gasteiger partial charge in [-0.3, -0.25) is 14.4 Å². The van der Waals surface area contributed by atoms with E-state index in [1.54, 1.807) is 41.7 Å². The average Bonchev–Trinajstić information content (AvgIpc) is 3.48. The lowest BCUT2D eigenvalue weighted by Crippen LogP contribution is -2.49. The van der Waals surface area contributed by atoms with Gasteiger partial charge in [-0.05, 0) is 78.0 Å². The van der Waals surface area contributed by atoms with Crippen LogP contribution in [0.4, 0.5) is 9.59 Å². The number of urea groups is 1. The molecular weight excluding hydrogens is 634 g/mol. The number of hydrogen-bond acceptors (Lipinski definition) is 10. The number of carbonyl (C=O) groups is 5. The summed E-state index contributed by atoms with van der Waals surface area (Å²) in [7, 11) is 1.72. The maximum absolute atomic E-state index is 13.7. The van der Waals surface area contributed by atoms with Gasteiger partial charge in [0.25, 0.3) is 0 Å². The van der Waals surface area contributed by atoms with Gasteiger partial charge in [0.05, 0.1) is 12.1 Å². The Labute approximate surface area is 289 Å². The first-order chi connectivity index (χ1) is 22.9. The maximum Gasteiger partial charge on any atom is 0.407 e. The van der Waals surface area contributed by atoms with E-state index >= 15 is 0 Å². The van der Waals surface area contributed by atoms with Crippen molar-refractivity contribution < 1.29 is 42.9 Å². The molecule has 1 aromatic carbocycles. The lowest BCUT2D eigenvalue weighted by molar-refractivity contribution is -0.207. The number of fused-ring (bicyclic) bond motifs is 1. The number of benzene rings is 1. The number of ether oxygens (including phenoxy) is 4. The lowest BCUT2D eigenvalue weighted by Gasteiger charge is -2.27. The van der Waals surface area contributed by atoms with Gasteiger partial charge in [0.1, 0.15) is 17.8 Å². The molecule has 2 heterocycles. The molecule has 14 nitrogen and oxygen atoms in total. The van der Waals surface area contributed by atoms with Crippen molar-refractivity contribution in [1.29, 1.82) is 0 Å². The Hall–Kier alpha value is -3.59. The number of carbonyl (C=O) groups excluding carboxylic acids is 5. The van der Waals surface area contributed by atoms with Crippen LogP contribution in [0.2, 0.25) is 0 Å². The Morgan fingerprint density at radius 3 is 2.22 bits per heavy atom. The molecule has 2 saturated heterocycles. The SMILES string of the molecule is CNC1C(C(=O)C[C@@H](C(=O)NC(CCCNC(N)=O)C(=O)Cc2ccc(CCNC(=O)OC(C)(C)C)cc2)C(C)C)OC2OC(C)(C)OC21. The van der Waals surface area contributed by atoms with Crippen LogP contribution in [-0.4, -0.2) is 91.7 Å². The predicted molar refractivity (Wildman–Crippen MR) is 181 cm³/mol. The summed E-state index contributed by atoms with van der Waals surface area (Å²) in [6.45, 7) is 13.3. The Balaban J connectivity index is 1.63. The number of nitrogens with one attached hydrogen (secondary N) is 4. The van der Waals surface area contributed by atoms with Crippen molar-refractivity contribution >= 4 is 29.6 Å². The monoisotopic (exact) mass is 689 g/mol. The summed E-state index contributed by atoms with van der Waals surface area (Å²) in [5.41, 5.74) is 6.34. The van der Waals surface area contributed by atoms with Crippen LogP contribution in [-0.2, 0) is 46.2 Å². The normalized spacial score (nSPS) is 22.6. The fraction of sp³-hybridized carbons (Fsp3) is 0.686. The number of ketones is 2. The molecule has 5 unspecified atom stereocenters. The summed E-state index contributed by atoms with van der Waals surface area (Å²) in [6, 6.07) is 5.48. The molecule has 2 fully saturated rings. The molecule has 4 amide bonds. The molecule has 0 spiro atoms. The lowest BCUT2D eigenvalue weighted by atomic mass is 9.86. The van der Waals surface area contributed by atoms with Gasteiger partial charge in [-0.25, -0.2) is 9.59 Å². The molecule has 1 aromatic rings. The van der Waals surface area contributed by atoms with Crippen LogP contribution in [0.5, 0.6) is 0 Å². The van der Waals surface area contributed by atoms with Crippen molar-refractivity contribution in [3.05, 3.63) is 35.4 Å². The molecule has 14 heteroatoms. The van der Waals surface area contributed by atoms with E-state index in [0.29, 0.717) is 19.4 Å². The minimum Gasteiger partial charge on any atom is -0.444 e. The molecule has 6 atom stereocenters. The largest absolute Gasteiger partial charge is 0.444 e. The highest BCUT2D eigenvalue weighted by molar-refractivity contribution is 5.94. The number of rotatable bonds is 17. The van der Waals surface area contributed by atoms with Crippen LogP contribution >= 0.6 is 0 Å². The number of nitrogens with two attached hydrogens (primary N) is 1. The van der Waals surface area contributed by atoms with Gasteiger partial charge in [-0.15, -0.1) is 0 Å². The van der Waals surface area contributed by atoms with E-state index in [2.05, 4.69) is 21.3 Å². The summed E-state index contributed by atoms with van der Waals surface area (Å²) in [5, 5.41) is 11.3. The Bertz CT molecular complexity index is 1310. The third kappa shape index (κ3) is 12.4. The second-order valence-electron chi connectivity index (χ2n) is 14.5. The van der Waals surface area contributed by atoms with Crippen LogP contribution in [0.15, 0.2) is 24.3 Å². The molecule has 0 bridgehead atoms. The van der Waals surface area contributed by atoms with E-state index in [1.165, 1.54) is 0 Å². The first kappa shape index (κ1) is 39.8. The second-order valence-corrected chi connectivity index (χ2v) is 14.5. The quantitative estimate of drug-likeness (QED) is 0.152. The molecule has 0 aromatic heterocycles. The molecule has 6 N–H and O–H groups in total. The van der Waals surface area contributed by atoms with Crippen LogP contribution in [0.3, 0.4) is 0 Å². The molecular formula is C35H55N5O9. The summed E-state index contributed by atoms with van der Waals surface area (Å²) in [6.07, 6.45) is -1.31. The van der Waals surface area contributed by atoms with E-state index < -0.39 is 65.9 Å². The fourth-order valence-corrected chi connectivity index (χ4v) is 5.94. The third-order valence-electron chi connectivity index (χ3n) is 8.42. The van der Waals surface area contributed by atoms with Gasteiger partial charge in [-0.2, -0.15) is 0 Å². The number of hydrogen-bond donors (Lipinski definition) is 5. The van der Waals surface area contributed by atoms with Gasteiger partial charge in [-0.1, -0.05) is 38.1 Å². The standard InChI is InChI=1S/C35H55N5O9/c1-20(2)23(19-26(42)28-27(37-8)29-31(46-28)48-35(6,7)47-29)30(43)40-24(10-9-16-38-32(36)44)25(41)18-22-13-11-21(12-14-22)15-17-39-33(45)49-34(3,4)5/h11-14,20,23-24,27-29,31,37H,9-10,15-19H2,1-8H3,(H,39,45)(H,40,43)(H3,36,38,44)/t23-,24?,27?,28?,29?,31?/m1/s1. The molecule has 3 rings (SSSR count). The Morgan fingerprint density at radius 2 is 1.63 bits per heavy atom. The molecule has 2 aliphatic heterocycles. The number of amides is 4. The van der Waals surface area contributed by atoms with Crippen molar-refractivity contribution in [3.63, 3.8) is 0 Å². The van der Waals surface area contributed by atoms with Crippen LogP contribution in [0.25, 0.3) is 0 Å². The first-order valence-electron chi connectivity index (χ1n) is 17.0. The van der Waals surface area contributed by atoms with Gasteiger partial charge < -0.3 is 45.9 Å². The van der Waals surface area contributed by atoms with E-state index in [-0.39, 0.29) is 43.3 Å². The highest BCUT2D eigenvalue weighted by Crippen LogP contribution is 2.38. The van der Waals surface area contributed by atoms with Crippen LogP contribution in [0.1, 0.15) is 78.9 Å². The molecule has 274 valence electrons. The minimum absolute atomic E-state index is 0.0643. The van der Waals surface area contributed by atoms with E-state index in [1.807, 2.05) is 38.1 Å². The van der Waals surface area contributed by atoms with Crippen LogP contribution < -0.4 is 27.0 Å². The van der Waals surface area contributed by atoms with Crippen LogP contribution in [0, 0.1) is 11.8 Å². The average molecular weight is 690 g/mol. The highest BCUT2D eigenvalue weighted by atomic mass is 16.8. The summed E-state index contributed by atoms with van der Waals surface area (Å²) in [4.78, 5) is 63.9. The first-order valence-corrected chi connectivity index (χ1v) is 17.0. The smallest absolute Gasteiger partial charge is 0.407 e. The number of likely N-dealkylation sites (N-methyl/N-ethyl adjacent to an activating group) is 1. The van der Waals surface area contributed by atoms with Crippen molar-refractivity contribution in [2.45, 2.75) is 123 Å².